The van der Waals surface area contributed by atoms with Crippen LogP contribution in [-0.2, 0) is 7.05 Å². The number of thioether (sulfide) groups is 1. The number of carbonyl (C=O) groups is 1. The van der Waals surface area contributed by atoms with Gasteiger partial charge in [-0.25, -0.2) is 0 Å². The van der Waals surface area contributed by atoms with Gasteiger partial charge in [0, 0.05) is 27.3 Å². The first-order valence-corrected chi connectivity index (χ1v) is 7.12. The second kappa shape index (κ2) is 5.68. The number of hydrogen-bond donors (Lipinski definition) is 0. The van der Waals surface area contributed by atoms with Crippen molar-refractivity contribution in [1.82, 2.24) is 9.78 Å². The average molecular weight is 358 g/mol. The van der Waals surface area contributed by atoms with Crippen LogP contribution in [0.1, 0.15) is 10.4 Å². The van der Waals surface area contributed by atoms with Gasteiger partial charge in [-0.05, 0) is 34.7 Å². The van der Waals surface area contributed by atoms with Gasteiger partial charge in [0.25, 0.3) is 0 Å². The second-order valence-electron chi connectivity index (χ2n) is 3.57. The lowest BCUT2D eigenvalue weighted by Gasteiger charge is -1.99. The van der Waals surface area contributed by atoms with Crippen molar-refractivity contribution < 1.29 is 4.79 Å². The molecule has 0 aliphatic rings. The number of hydrogen-bond acceptors (Lipinski definition) is 3. The summed E-state index contributed by atoms with van der Waals surface area (Å²) >= 11 is 3.74. The molecule has 0 bridgehead atoms. The maximum absolute atomic E-state index is 11.9. The number of carbonyl (C=O) groups excluding carboxylic acids is 1. The number of aromatic nitrogens is 2. The fourth-order valence-corrected chi connectivity index (χ4v) is 2.51. The molecule has 1 aromatic heterocycles. The van der Waals surface area contributed by atoms with Crippen molar-refractivity contribution in [3.63, 3.8) is 0 Å². The normalized spacial score (nSPS) is 10.5. The number of ketones is 1. The lowest BCUT2D eigenvalue weighted by Crippen LogP contribution is -2.01. The summed E-state index contributed by atoms with van der Waals surface area (Å²) < 4.78 is 2.87. The molecule has 0 fully saturated rings. The molecule has 1 aromatic carbocycles. The van der Waals surface area contributed by atoms with Gasteiger partial charge < -0.3 is 0 Å². The molecule has 2 rings (SSSR count). The van der Waals surface area contributed by atoms with Gasteiger partial charge in [-0.2, -0.15) is 5.10 Å². The number of Topliss-reactive ketones (excluding diaryl/α,β-unsaturated/α-hetero) is 1. The summed E-state index contributed by atoms with van der Waals surface area (Å²) in [4.78, 5) is 12.9. The number of halogens is 1. The quantitative estimate of drug-likeness (QED) is 0.479. The third kappa shape index (κ3) is 3.57. The minimum absolute atomic E-state index is 0.148. The van der Waals surface area contributed by atoms with E-state index in [9.17, 15) is 4.79 Å². The Morgan fingerprint density at radius 3 is 2.71 bits per heavy atom. The first kappa shape index (κ1) is 12.6. The van der Waals surface area contributed by atoms with Crippen LogP contribution in [0, 0.1) is 3.57 Å². The largest absolute Gasteiger partial charge is 0.293 e. The van der Waals surface area contributed by atoms with Crippen LogP contribution in [0.25, 0.3) is 0 Å². The zero-order valence-electron chi connectivity index (χ0n) is 9.26. The standard InChI is InChI=1S/C12H11IN2OS/c1-15-7-11(6-14-15)17-8-12(16)9-2-4-10(13)5-3-9/h2-7H,8H2,1H3. The van der Waals surface area contributed by atoms with E-state index in [2.05, 4.69) is 27.7 Å². The minimum Gasteiger partial charge on any atom is -0.293 e. The van der Waals surface area contributed by atoms with Gasteiger partial charge in [0.15, 0.2) is 5.78 Å². The van der Waals surface area contributed by atoms with E-state index in [1.807, 2.05) is 37.5 Å². The topological polar surface area (TPSA) is 34.9 Å². The molecule has 0 N–H and O–H groups in total. The van der Waals surface area contributed by atoms with Gasteiger partial charge in [0.1, 0.15) is 0 Å². The number of nitrogens with zero attached hydrogens (tertiary/aromatic N) is 2. The van der Waals surface area contributed by atoms with Crippen molar-refractivity contribution in [2.45, 2.75) is 4.90 Å². The van der Waals surface area contributed by atoms with E-state index in [-0.39, 0.29) is 5.78 Å². The zero-order chi connectivity index (χ0) is 12.3. The third-order valence-corrected chi connectivity index (χ3v) is 3.89. The van der Waals surface area contributed by atoms with Gasteiger partial charge in [-0.1, -0.05) is 12.1 Å². The molecular formula is C12H11IN2OS. The summed E-state index contributed by atoms with van der Waals surface area (Å²) in [6, 6.07) is 7.63. The lowest BCUT2D eigenvalue weighted by molar-refractivity contribution is 0.102. The van der Waals surface area contributed by atoms with Gasteiger partial charge in [-0.3, -0.25) is 9.48 Å². The van der Waals surface area contributed by atoms with Crippen LogP contribution < -0.4 is 0 Å². The average Bonchev–Trinajstić information content (AvgIpc) is 2.73. The summed E-state index contributed by atoms with van der Waals surface area (Å²) in [5, 5.41) is 4.06. The van der Waals surface area contributed by atoms with Crippen LogP contribution >= 0.6 is 34.4 Å². The van der Waals surface area contributed by atoms with Crippen molar-refractivity contribution in [1.29, 1.82) is 0 Å². The summed E-state index contributed by atoms with van der Waals surface area (Å²) in [6.07, 6.45) is 3.68. The van der Waals surface area contributed by atoms with Crippen LogP contribution in [-0.4, -0.2) is 21.3 Å². The van der Waals surface area contributed by atoms with Gasteiger partial charge in [-0.15, -0.1) is 11.8 Å². The SMILES string of the molecule is Cn1cc(SCC(=O)c2ccc(I)cc2)cn1. The van der Waals surface area contributed by atoms with E-state index in [0.29, 0.717) is 5.75 Å². The minimum atomic E-state index is 0.148. The van der Waals surface area contributed by atoms with Crippen LogP contribution in [0.2, 0.25) is 0 Å². The Bertz CT molecular complexity index is 522. The van der Waals surface area contributed by atoms with Crippen LogP contribution in [0.5, 0.6) is 0 Å². The Labute approximate surface area is 118 Å². The van der Waals surface area contributed by atoms with E-state index >= 15 is 0 Å². The molecule has 3 nitrogen and oxygen atoms in total. The Morgan fingerprint density at radius 2 is 2.12 bits per heavy atom. The molecule has 0 saturated carbocycles. The Morgan fingerprint density at radius 1 is 1.41 bits per heavy atom. The van der Waals surface area contributed by atoms with Crippen molar-refractivity contribution in [2.24, 2.45) is 7.05 Å². The summed E-state index contributed by atoms with van der Waals surface area (Å²) in [5.74, 6) is 0.599. The molecule has 0 radical (unpaired) electrons. The van der Waals surface area contributed by atoms with E-state index in [4.69, 9.17) is 0 Å². The number of aryl methyl sites for hydroxylation is 1. The fraction of sp³-hybridized carbons (Fsp3) is 0.167. The van der Waals surface area contributed by atoms with Crippen molar-refractivity contribution >= 4 is 40.1 Å². The van der Waals surface area contributed by atoms with Gasteiger partial charge in [0.05, 0.1) is 11.9 Å². The highest BCUT2D eigenvalue weighted by atomic mass is 127. The zero-order valence-corrected chi connectivity index (χ0v) is 12.2. The maximum atomic E-state index is 11.9. The molecule has 2 aromatic rings. The molecular weight excluding hydrogens is 347 g/mol. The molecule has 0 saturated heterocycles. The van der Waals surface area contributed by atoms with Gasteiger partial charge in [0.2, 0.25) is 0 Å². The van der Waals surface area contributed by atoms with Gasteiger partial charge >= 0.3 is 0 Å². The third-order valence-electron chi connectivity index (χ3n) is 2.22. The molecule has 0 amide bonds. The Hall–Kier alpha value is -0.820. The van der Waals surface area contributed by atoms with Crippen molar-refractivity contribution in [3.8, 4) is 0 Å². The Balaban J connectivity index is 1.95. The van der Waals surface area contributed by atoms with Crippen LogP contribution in [0.3, 0.4) is 0 Å². The molecule has 88 valence electrons. The van der Waals surface area contributed by atoms with E-state index in [0.717, 1.165) is 14.0 Å². The van der Waals surface area contributed by atoms with E-state index in [1.165, 1.54) is 11.8 Å². The molecule has 0 aliphatic heterocycles. The highest BCUT2D eigenvalue weighted by molar-refractivity contribution is 14.1. The monoisotopic (exact) mass is 358 g/mol. The number of benzene rings is 1. The molecule has 17 heavy (non-hydrogen) atoms. The van der Waals surface area contributed by atoms with Crippen molar-refractivity contribution in [3.05, 3.63) is 45.8 Å². The fourth-order valence-electron chi connectivity index (χ4n) is 1.34. The predicted molar refractivity (Wildman–Crippen MR) is 77.4 cm³/mol. The first-order chi connectivity index (χ1) is 8.15. The molecule has 5 heteroatoms. The summed E-state index contributed by atoms with van der Waals surface area (Å²) in [6.45, 7) is 0. The van der Waals surface area contributed by atoms with Crippen LogP contribution in [0.4, 0.5) is 0 Å². The highest BCUT2D eigenvalue weighted by Gasteiger charge is 2.07. The lowest BCUT2D eigenvalue weighted by atomic mass is 10.2. The summed E-state index contributed by atoms with van der Waals surface area (Å²) in [5.41, 5.74) is 0.766. The molecule has 0 atom stereocenters. The Kier molecular flexibility index (Phi) is 4.22. The predicted octanol–water partition coefficient (Wildman–Crippen LogP) is 3.00. The molecule has 1 heterocycles. The molecule has 0 aliphatic carbocycles. The van der Waals surface area contributed by atoms with E-state index < -0.39 is 0 Å². The van der Waals surface area contributed by atoms with Crippen molar-refractivity contribution in [2.75, 3.05) is 5.75 Å². The molecule has 0 unspecified atom stereocenters. The highest BCUT2D eigenvalue weighted by Crippen LogP contribution is 2.18. The number of rotatable bonds is 4. The van der Waals surface area contributed by atoms with Crippen LogP contribution in [0.15, 0.2) is 41.6 Å². The first-order valence-electron chi connectivity index (χ1n) is 5.05. The maximum Gasteiger partial charge on any atom is 0.173 e. The van der Waals surface area contributed by atoms with E-state index in [1.54, 1.807) is 10.9 Å². The smallest absolute Gasteiger partial charge is 0.173 e. The summed E-state index contributed by atoms with van der Waals surface area (Å²) in [7, 11) is 1.87. The second-order valence-corrected chi connectivity index (χ2v) is 5.86. The molecule has 0 spiro atoms.